The van der Waals surface area contributed by atoms with Crippen molar-refractivity contribution in [2.24, 2.45) is 4.99 Å². The summed E-state index contributed by atoms with van der Waals surface area (Å²) in [6.45, 7) is 2.53. The Morgan fingerprint density at radius 1 is 1.11 bits per heavy atom. The molecule has 0 aliphatic rings. The van der Waals surface area contributed by atoms with Crippen molar-refractivity contribution in [2.75, 3.05) is 6.54 Å². The van der Waals surface area contributed by atoms with Gasteiger partial charge in [0.15, 0.2) is 0 Å². The SMILES string of the molecule is Cc1ccc(C#CCN=Cc2ccccc2Cl)cc1. The van der Waals surface area contributed by atoms with Crippen molar-refractivity contribution in [3.63, 3.8) is 0 Å². The van der Waals surface area contributed by atoms with Crippen LogP contribution < -0.4 is 0 Å². The minimum absolute atomic E-state index is 0.471. The summed E-state index contributed by atoms with van der Waals surface area (Å²) in [7, 11) is 0. The van der Waals surface area contributed by atoms with Crippen LogP contribution in [0.25, 0.3) is 0 Å². The summed E-state index contributed by atoms with van der Waals surface area (Å²) < 4.78 is 0. The van der Waals surface area contributed by atoms with E-state index in [9.17, 15) is 0 Å². The zero-order valence-corrected chi connectivity index (χ0v) is 11.5. The molecule has 0 aliphatic carbocycles. The van der Waals surface area contributed by atoms with Gasteiger partial charge in [0.05, 0.1) is 0 Å². The first-order chi connectivity index (χ1) is 9.25. The number of nitrogens with zero attached hydrogens (tertiary/aromatic N) is 1. The summed E-state index contributed by atoms with van der Waals surface area (Å²) >= 11 is 6.02. The van der Waals surface area contributed by atoms with Gasteiger partial charge in [0, 0.05) is 22.4 Å². The summed E-state index contributed by atoms with van der Waals surface area (Å²) in [4.78, 5) is 4.25. The Morgan fingerprint density at radius 2 is 1.84 bits per heavy atom. The van der Waals surface area contributed by atoms with Crippen molar-refractivity contribution in [1.29, 1.82) is 0 Å². The van der Waals surface area contributed by atoms with E-state index in [1.165, 1.54) is 5.56 Å². The number of hydrogen-bond donors (Lipinski definition) is 0. The van der Waals surface area contributed by atoms with Gasteiger partial charge in [-0.05, 0) is 25.1 Å². The highest BCUT2D eigenvalue weighted by Crippen LogP contribution is 2.12. The Balaban J connectivity index is 1.94. The van der Waals surface area contributed by atoms with Crippen LogP contribution in [-0.2, 0) is 0 Å². The molecule has 0 heterocycles. The number of aliphatic imine (C=N–C) groups is 1. The van der Waals surface area contributed by atoms with Crippen molar-refractivity contribution in [3.05, 3.63) is 70.2 Å². The van der Waals surface area contributed by atoms with E-state index < -0.39 is 0 Å². The maximum Gasteiger partial charge on any atom is 0.100 e. The van der Waals surface area contributed by atoms with Gasteiger partial charge in [0.2, 0.25) is 0 Å². The molecule has 0 fully saturated rings. The van der Waals surface area contributed by atoms with Crippen molar-refractivity contribution < 1.29 is 0 Å². The number of aryl methyl sites for hydroxylation is 1. The lowest BCUT2D eigenvalue weighted by molar-refractivity contribution is 1.30. The first kappa shape index (κ1) is 13.4. The Labute approximate surface area is 119 Å². The van der Waals surface area contributed by atoms with Crippen molar-refractivity contribution in [2.45, 2.75) is 6.92 Å². The second-order valence-electron chi connectivity index (χ2n) is 4.16. The smallest absolute Gasteiger partial charge is 0.100 e. The predicted octanol–water partition coefficient (Wildman–Crippen LogP) is 4.12. The van der Waals surface area contributed by atoms with Crippen LogP contribution in [0.4, 0.5) is 0 Å². The van der Waals surface area contributed by atoms with Gasteiger partial charge < -0.3 is 0 Å². The van der Waals surface area contributed by atoms with E-state index in [1.807, 2.05) is 36.4 Å². The van der Waals surface area contributed by atoms with Gasteiger partial charge in [-0.15, -0.1) is 0 Å². The lowest BCUT2D eigenvalue weighted by Crippen LogP contribution is -1.84. The lowest BCUT2D eigenvalue weighted by atomic mass is 10.2. The van der Waals surface area contributed by atoms with Crippen molar-refractivity contribution >= 4 is 17.8 Å². The Bertz CT molecular complexity index is 630. The maximum absolute atomic E-state index is 6.02. The van der Waals surface area contributed by atoms with Crippen LogP contribution in [0.3, 0.4) is 0 Å². The summed E-state index contributed by atoms with van der Waals surface area (Å²) in [5.41, 5.74) is 3.17. The third-order valence-electron chi connectivity index (χ3n) is 2.59. The molecule has 2 rings (SSSR count). The molecular formula is C17H14ClN. The van der Waals surface area contributed by atoms with Crippen LogP contribution in [0.5, 0.6) is 0 Å². The standard InChI is InChI=1S/C17H14ClN/c1-14-8-10-15(11-9-14)5-4-12-19-13-16-6-2-3-7-17(16)18/h2-3,6-11,13H,12H2,1H3. The van der Waals surface area contributed by atoms with E-state index in [-0.39, 0.29) is 0 Å². The largest absolute Gasteiger partial charge is 0.280 e. The van der Waals surface area contributed by atoms with E-state index in [2.05, 4.69) is 35.9 Å². The topological polar surface area (TPSA) is 12.4 Å². The van der Waals surface area contributed by atoms with E-state index >= 15 is 0 Å². The van der Waals surface area contributed by atoms with Gasteiger partial charge in [-0.2, -0.15) is 0 Å². The molecule has 2 aromatic rings. The fraction of sp³-hybridized carbons (Fsp3) is 0.118. The fourth-order valence-corrected chi connectivity index (χ4v) is 1.73. The molecule has 0 unspecified atom stereocenters. The van der Waals surface area contributed by atoms with Gasteiger partial charge in [-0.1, -0.05) is 59.3 Å². The molecule has 94 valence electrons. The van der Waals surface area contributed by atoms with Gasteiger partial charge in [-0.3, -0.25) is 4.99 Å². The molecule has 0 radical (unpaired) electrons. The molecule has 2 aromatic carbocycles. The monoisotopic (exact) mass is 267 g/mol. The Hall–Kier alpha value is -2.04. The highest BCUT2D eigenvalue weighted by Gasteiger charge is 1.92. The molecule has 0 bridgehead atoms. The third-order valence-corrected chi connectivity index (χ3v) is 2.93. The van der Waals surface area contributed by atoms with Crippen molar-refractivity contribution in [3.8, 4) is 11.8 Å². The molecule has 0 saturated heterocycles. The molecule has 0 saturated carbocycles. The number of halogens is 1. The Kier molecular flexibility index (Phi) is 4.78. The van der Waals surface area contributed by atoms with Crippen LogP contribution >= 0.6 is 11.6 Å². The second-order valence-corrected chi connectivity index (χ2v) is 4.57. The fourth-order valence-electron chi connectivity index (χ4n) is 1.55. The minimum atomic E-state index is 0.471. The first-order valence-corrected chi connectivity index (χ1v) is 6.43. The number of rotatable bonds is 2. The van der Waals surface area contributed by atoms with Crippen molar-refractivity contribution in [1.82, 2.24) is 0 Å². The summed E-state index contributed by atoms with van der Waals surface area (Å²) in [6.07, 6.45) is 1.76. The summed E-state index contributed by atoms with van der Waals surface area (Å²) in [5.74, 6) is 6.10. The Morgan fingerprint density at radius 3 is 2.58 bits per heavy atom. The predicted molar refractivity (Wildman–Crippen MR) is 82.0 cm³/mol. The van der Waals surface area contributed by atoms with Crippen LogP contribution in [0, 0.1) is 18.8 Å². The summed E-state index contributed by atoms with van der Waals surface area (Å²) in [6, 6.07) is 15.7. The number of benzene rings is 2. The molecular weight excluding hydrogens is 254 g/mol. The molecule has 0 aromatic heterocycles. The highest BCUT2D eigenvalue weighted by atomic mass is 35.5. The zero-order valence-electron chi connectivity index (χ0n) is 10.7. The van der Waals surface area contributed by atoms with E-state index in [1.54, 1.807) is 6.21 Å². The third kappa shape index (κ3) is 4.28. The van der Waals surface area contributed by atoms with Crippen LogP contribution in [-0.4, -0.2) is 12.8 Å². The van der Waals surface area contributed by atoms with Gasteiger partial charge in [0.1, 0.15) is 6.54 Å². The quantitative estimate of drug-likeness (QED) is 0.573. The van der Waals surface area contributed by atoms with Gasteiger partial charge in [-0.25, -0.2) is 0 Å². The van der Waals surface area contributed by atoms with E-state index in [4.69, 9.17) is 11.6 Å². The minimum Gasteiger partial charge on any atom is -0.280 e. The molecule has 2 heteroatoms. The second kappa shape index (κ2) is 6.78. The average Bonchev–Trinajstić information content (AvgIpc) is 2.42. The molecule has 1 nitrogen and oxygen atoms in total. The molecule has 19 heavy (non-hydrogen) atoms. The van der Waals surface area contributed by atoms with Crippen LogP contribution in [0.15, 0.2) is 53.5 Å². The highest BCUT2D eigenvalue weighted by molar-refractivity contribution is 6.33. The van der Waals surface area contributed by atoms with Gasteiger partial charge >= 0.3 is 0 Å². The lowest BCUT2D eigenvalue weighted by Gasteiger charge is -1.94. The van der Waals surface area contributed by atoms with E-state index in [0.717, 1.165) is 11.1 Å². The number of hydrogen-bond acceptors (Lipinski definition) is 1. The normalized spacial score (nSPS) is 10.2. The average molecular weight is 268 g/mol. The summed E-state index contributed by atoms with van der Waals surface area (Å²) in [5, 5.41) is 0.706. The molecule has 0 N–H and O–H groups in total. The zero-order chi connectivity index (χ0) is 13.5. The van der Waals surface area contributed by atoms with Crippen LogP contribution in [0.1, 0.15) is 16.7 Å². The first-order valence-electron chi connectivity index (χ1n) is 6.05. The maximum atomic E-state index is 6.02. The van der Waals surface area contributed by atoms with E-state index in [0.29, 0.717) is 11.6 Å². The molecule has 0 atom stereocenters. The molecule has 0 aliphatic heterocycles. The molecule has 0 spiro atoms. The van der Waals surface area contributed by atoms with Gasteiger partial charge in [0.25, 0.3) is 0 Å². The van der Waals surface area contributed by atoms with Crippen LogP contribution in [0.2, 0.25) is 5.02 Å². The molecule has 0 amide bonds.